The van der Waals surface area contributed by atoms with E-state index in [1.165, 1.54) is 11.3 Å². The van der Waals surface area contributed by atoms with Crippen molar-refractivity contribution >= 4 is 34.5 Å². The van der Waals surface area contributed by atoms with Crippen LogP contribution in [0.2, 0.25) is 0 Å². The zero-order chi connectivity index (χ0) is 19.9. The third kappa shape index (κ3) is 5.14. The summed E-state index contributed by atoms with van der Waals surface area (Å²) in [7, 11) is 1.56. The fourth-order valence-electron chi connectivity index (χ4n) is 2.51. The van der Waals surface area contributed by atoms with Crippen LogP contribution in [0, 0.1) is 6.92 Å². The monoisotopic (exact) mass is 396 g/mol. The molecule has 0 bridgehead atoms. The fourth-order valence-corrected chi connectivity index (χ4v) is 3.24. The molecule has 144 valence electrons. The maximum Gasteiger partial charge on any atom is 0.286 e. The van der Waals surface area contributed by atoms with Gasteiger partial charge < -0.3 is 15.4 Å². The molecule has 3 rings (SSSR count). The van der Waals surface area contributed by atoms with E-state index >= 15 is 0 Å². The quantitative estimate of drug-likeness (QED) is 0.635. The van der Waals surface area contributed by atoms with E-state index in [1.54, 1.807) is 19.2 Å². The highest BCUT2D eigenvalue weighted by atomic mass is 32.1. The number of amides is 2. The molecule has 2 aromatic carbocycles. The second kappa shape index (κ2) is 9.09. The first-order valence-corrected chi connectivity index (χ1v) is 9.50. The Morgan fingerprint density at radius 2 is 1.86 bits per heavy atom. The number of carbonyl (C=O) groups excluding carboxylic acids is 2. The molecule has 2 N–H and O–H groups in total. The van der Waals surface area contributed by atoms with Crippen molar-refractivity contribution in [3.05, 3.63) is 64.1 Å². The second-order valence-corrected chi connectivity index (χ2v) is 7.14. The summed E-state index contributed by atoms with van der Waals surface area (Å²) in [5.41, 5.74) is 2.35. The number of aryl methyl sites for hydroxylation is 2. The van der Waals surface area contributed by atoms with E-state index in [2.05, 4.69) is 20.8 Å². The van der Waals surface area contributed by atoms with E-state index in [-0.39, 0.29) is 23.2 Å². The molecule has 7 nitrogen and oxygen atoms in total. The summed E-state index contributed by atoms with van der Waals surface area (Å²) in [5.74, 6) is 0.132. The Labute approximate surface area is 166 Å². The van der Waals surface area contributed by atoms with Crippen molar-refractivity contribution in [3.8, 4) is 5.75 Å². The van der Waals surface area contributed by atoms with Crippen molar-refractivity contribution in [1.29, 1.82) is 0 Å². The molecule has 28 heavy (non-hydrogen) atoms. The number of benzene rings is 2. The van der Waals surface area contributed by atoms with Crippen molar-refractivity contribution in [2.24, 2.45) is 0 Å². The lowest BCUT2D eigenvalue weighted by Gasteiger charge is -2.10. The highest BCUT2D eigenvalue weighted by Crippen LogP contribution is 2.25. The molecule has 0 aliphatic rings. The number of carbonyl (C=O) groups is 2. The minimum Gasteiger partial charge on any atom is -0.495 e. The van der Waals surface area contributed by atoms with Gasteiger partial charge in [-0.15, -0.1) is 10.2 Å². The number of anilines is 2. The molecular formula is C20H20N4O3S. The largest absolute Gasteiger partial charge is 0.495 e. The molecule has 0 saturated carbocycles. The molecule has 0 fully saturated rings. The summed E-state index contributed by atoms with van der Waals surface area (Å²) in [6, 6.07) is 14.7. The van der Waals surface area contributed by atoms with E-state index in [0.29, 0.717) is 28.6 Å². The molecule has 1 heterocycles. The smallest absolute Gasteiger partial charge is 0.286 e. The molecule has 3 aromatic rings. The number of nitrogens with zero attached hydrogens (tertiary/aromatic N) is 2. The van der Waals surface area contributed by atoms with Crippen LogP contribution in [0.25, 0.3) is 0 Å². The Morgan fingerprint density at radius 3 is 2.61 bits per heavy atom. The minimum atomic E-state index is -0.316. The molecule has 0 unspecified atom stereocenters. The highest BCUT2D eigenvalue weighted by Gasteiger charge is 2.14. The number of methoxy groups -OCH3 is 1. The van der Waals surface area contributed by atoms with Gasteiger partial charge in [-0.25, -0.2) is 0 Å². The van der Waals surface area contributed by atoms with E-state index < -0.39 is 0 Å². The molecule has 0 aliphatic heterocycles. The number of para-hydroxylation sites is 1. The van der Waals surface area contributed by atoms with Crippen molar-refractivity contribution in [1.82, 2.24) is 10.2 Å². The lowest BCUT2D eigenvalue weighted by molar-refractivity contribution is -0.116. The standard InChI is InChI=1S/C20H20N4O3S/c1-13-8-9-16(27-2)15(12-13)22-17(25)10-11-18-23-24-20(28-18)19(26)21-14-6-4-3-5-7-14/h3-9,12H,10-11H2,1-2H3,(H,21,26)(H,22,25). The first-order valence-electron chi connectivity index (χ1n) is 8.68. The Balaban J connectivity index is 1.55. The van der Waals surface area contributed by atoms with Crippen molar-refractivity contribution in [2.45, 2.75) is 19.8 Å². The molecule has 0 radical (unpaired) electrons. The van der Waals surface area contributed by atoms with E-state index in [1.807, 2.05) is 43.3 Å². The number of hydrogen-bond acceptors (Lipinski definition) is 6. The SMILES string of the molecule is COc1ccc(C)cc1NC(=O)CCc1nnc(C(=O)Nc2ccccc2)s1. The number of hydrogen-bond donors (Lipinski definition) is 2. The molecule has 1 aromatic heterocycles. The van der Waals surface area contributed by atoms with Gasteiger partial charge in [0.05, 0.1) is 12.8 Å². The normalized spacial score (nSPS) is 10.4. The average molecular weight is 396 g/mol. The third-order valence-corrected chi connectivity index (χ3v) is 4.87. The molecular weight excluding hydrogens is 376 g/mol. The van der Waals surface area contributed by atoms with Crippen LogP contribution in [-0.4, -0.2) is 29.1 Å². The summed E-state index contributed by atoms with van der Waals surface area (Å²) < 4.78 is 5.26. The number of aromatic nitrogens is 2. The molecule has 0 spiro atoms. The van der Waals surface area contributed by atoms with Gasteiger partial charge in [-0.3, -0.25) is 9.59 Å². The van der Waals surface area contributed by atoms with Gasteiger partial charge >= 0.3 is 0 Å². The van der Waals surface area contributed by atoms with Crippen molar-refractivity contribution in [3.63, 3.8) is 0 Å². The van der Waals surface area contributed by atoms with Gasteiger partial charge in [0, 0.05) is 18.5 Å². The molecule has 0 atom stereocenters. The summed E-state index contributed by atoms with van der Waals surface area (Å²) in [6.07, 6.45) is 0.627. The lowest BCUT2D eigenvalue weighted by atomic mass is 10.2. The van der Waals surface area contributed by atoms with Gasteiger partial charge in [0.15, 0.2) is 0 Å². The van der Waals surface area contributed by atoms with E-state index in [4.69, 9.17) is 4.74 Å². The van der Waals surface area contributed by atoms with Gasteiger partial charge in [-0.1, -0.05) is 35.6 Å². The average Bonchev–Trinajstić information content (AvgIpc) is 3.17. The van der Waals surface area contributed by atoms with Gasteiger partial charge in [0.2, 0.25) is 10.9 Å². The summed E-state index contributed by atoms with van der Waals surface area (Å²) in [6.45, 7) is 1.94. The maximum atomic E-state index is 12.3. The van der Waals surface area contributed by atoms with Crippen LogP contribution >= 0.6 is 11.3 Å². The van der Waals surface area contributed by atoms with Gasteiger partial charge in [0.25, 0.3) is 5.91 Å². The Morgan fingerprint density at radius 1 is 1.07 bits per heavy atom. The lowest BCUT2D eigenvalue weighted by Crippen LogP contribution is -2.13. The first kappa shape index (κ1) is 19.5. The van der Waals surface area contributed by atoms with Crippen molar-refractivity contribution < 1.29 is 14.3 Å². The summed E-state index contributed by atoms with van der Waals surface area (Å²) in [4.78, 5) is 24.5. The highest BCUT2D eigenvalue weighted by molar-refractivity contribution is 7.13. The topological polar surface area (TPSA) is 93.2 Å². The maximum absolute atomic E-state index is 12.3. The third-order valence-electron chi connectivity index (χ3n) is 3.89. The van der Waals surface area contributed by atoms with Gasteiger partial charge in [-0.2, -0.15) is 0 Å². The number of ether oxygens (including phenoxy) is 1. The first-order chi connectivity index (χ1) is 13.5. The van der Waals surface area contributed by atoms with E-state index in [9.17, 15) is 9.59 Å². The van der Waals surface area contributed by atoms with Crippen LogP contribution in [0.5, 0.6) is 5.75 Å². The Kier molecular flexibility index (Phi) is 6.33. The van der Waals surface area contributed by atoms with Crippen LogP contribution < -0.4 is 15.4 Å². The predicted molar refractivity (Wildman–Crippen MR) is 109 cm³/mol. The predicted octanol–water partition coefficient (Wildman–Crippen LogP) is 3.68. The van der Waals surface area contributed by atoms with Crippen LogP contribution in [-0.2, 0) is 11.2 Å². The zero-order valence-electron chi connectivity index (χ0n) is 15.6. The van der Waals surface area contributed by atoms with Crippen LogP contribution in [0.15, 0.2) is 48.5 Å². The van der Waals surface area contributed by atoms with Crippen LogP contribution in [0.3, 0.4) is 0 Å². The molecule has 2 amide bonds. The minimum absolute atomic E-state index is 0.158. The molecule has 0 saturated heterocycles. The molecule has 0 aliphatic carbocycles. The molecule has 8 heteroatoms. The van der Waals surface area contributed by atoms with Gasteiger partial charge in [-0.05, 0) is 36.8 Å². The summed E-state index contributed by atoms with van der Waals surface area (Å²) in [5, 5.41) is 14.4. The summed E-state index contributed by atoms with van der Waals surface area (Å²) >= 11 is 1.18. The second-order valence-electron chi connectivity index (χ2n) is 6.07. The Bertz CT molecular complexity index is 973. The Hall–Kier alpha value is -3.26. The van der Waals surface area contributed by atoms with Crippen molar-refractivity contribution in [2.75, 3.05) is 17.7 Å². The van der Waals surface area contributed by atoms with Gasteiger partial charge in [0.1, 0.15) is 10.8 Å². The van der Waals surface area contributed by atoms with E-state index in [0.717, 1.165) is 5.56 Å². The zero-order valence-corrected chi connectivity index (χ0v) is 16.4. The number of rotatable bonds is 7. The van der Waals surface area contributed by atoms with Crippen LogP contribution in [0.4, 0.5) is 11.4 Å². The number of nitrogens with one attached hydrogen (secondary N) is 2. The fraction of sp³-hybridized carbons (Fsp3) is 0.200. The van der Waals surface area contributed by atoms with Crippen LogP contribution in [0.1, 0.15) is 26.8 Å².